The van der Waals surface area contributed by atoms with Crippen LogP contribution >= 0.6 is 0 Å². The van der Waals surface area contributed by atoms with Crippen LogP contribution < -0.4 is 14.7 Å². The van der Waals surface area contributed by atoms with Crippen LogP contribution in [-0.2, 0) is 18.3 Å². The van der Waals surface area contributed by atoms with Crippen LogP contribution in [0, 0.1) is 0 Å². The first-order valence-corrected chi connectivity index (χ1v) is 51.6. The van der Waals surface area contributed by atoms with Crippen molar-refractivity contribution in [3.63, 3.8) is 0 Å². The fraction of sp³-hybridized carbons (Fsp3) is 0.0786. The van der Waals surface area contributed by atoms with Gasteiger partial charge < -0.3 is 28.0 Å². The Labute approximate surface area is 870 Å². The Morgan fingerprint density at radius 2 is 0.477 bits per heavy atom. The highest BCUT2D eigenvalue weighted by atomic mass is 16.4. The van der Waals surface area contributed by atoms with Crippen LogP contribution in [0.3, 0.4) is 0 Å². The molecule has 24 aromatic rings. The first kappa shape index (κ1) is 92.8. The molecule has 149 heavy (non-hydrogen) atoms. The molecule has 3 aromatic heterocycles. The van der Waals surface area contributed by atoms with E-state index in [1.807, 2.05) is 0 Å². The van der Waals surface area contributed by atoms with E-state index in [9.17, 15) is 0 Å². The number of anilines is 9. The number of benzene rings is 21. The van der Waals surface area contributed by atoms with Gasteiger partial charge in [0.1, 0.15) is 16.6 Å². The first-order valence-electron chi connectivity index (χ1n) is 51.6. The van der Waals surface area contributed by atoms with Crippen molar-refractivity contribution >= 4 is 84.5 Å². The second kappa shape index (κ2) is 40.9. The molecule has 0 aliphatic heterocycles. The van der Waals surface area contributed by atoms with Gasteiger partial charge in [-0.1, -0.05) is 369 Å². The summed E-state index contributed by atoms with van der Waals surface area (Å²) >= 11 is 0. The summed E-state index contributed by atoms with van der Waals surface area (Å²) in [5.74, 6) is 1.86. The predicted molar refractivity (Wildman–Crippen MR) is 620 cm³/mol. The van der Waals surface area contributed by atoms with E-state index in [-0.39, 0.29) is 11.3 Å². The van der Waals surface area contributed by atoms with Crippen molar-refractivity contribution in [2.24, 2.45) is 0 Å². The maximum absolute atomic E-state index is 7.05. The van der Waals surface area contributed by atoms with E-state index >= 15 is 0 Å². The summed E-state index contributed by atoms with van der Waals surface area (Å²) in [5, 5.41) is 0. The molecule has 0 saturated heterocycles. The average molecular weight is 1920 g/mol. The Hall–Kier alpha value is -18.6. The molecule has 716 valence electrons. The van der Waals surface area contributed by atoms with E-state index in [0.29, 0.717) is 17.7 Å². The Balaban J connectivity index is 0.530. The zero-order valence-corrected chi connectivity index (χ0v) is 83.8. The fourth-order valence-electron chi connectivity index (χ4n) is 21.2. The number of hydrogen-bond donors (Lipinski definition) is 0. The van der Waals surface area contributed by atoms with Crippen molar-refractivity contribution in [3.8, 4) is 146 Å². The molecule has 0 N–H and O–H groups in total. The molecule has 0 aliphatic carbocycles. The predicted octanol–water partition coefficient (Wildman–Crippen LogP) is 39.2. The Bertz CT molecular complexity index is 8860. The third-order valence-electron chi connectivity index (χ3n) is 28.9. The summed E-state index contributed by atoms with van der Waals surface area (Å²) in [6.07, 6.45) is 3.74. The summed E-state index contributed by atoms with van der Waals surface area (Å²) in [6, 6.07) is 183. The number of fused-ring (bicyclic) bond motifs is 3. The minimum Gasteiger partial charge on any atom is -0.436 e. The highest BCUT2D eigenvalue weighted by Crippen LogP contribution is 2.49. The van der Waals surface area contributed by atoms with Crippen LogP contribution in [-0.4, -0.2) is 15.0 Å². The molecule has 0 fully saturated rings. The molecule has 9 nitrogen and oxygen atoms in total. The molecule has 0 amide bonds. The lowest BCUT2D eigenvalue weighted by Gasteiger charge is -2.26. The lowest BCUT2D eigenvalue weighted by atomic mass is 9.87. The summed E-state index contributed by atoms with van der Waals surface area (Å²) in [5.41, 5.74) is 44.7. The third-order valence-corrected chi connectivity index (χ3v) is 28.9. The summed E-state index contributed by atoms with van der Waals surface area (Å²) < 4.78 is 19.8. The molecular weight excluding hydrogens is 1810 g/mol. The normalized spacial score (nSPS) is 11.7. The van der Waals surface area contributed by atoms with Gasteiger partial charge in [-0.3, -0.25) is 0 Å². The highest BCUT2D eigenvalue weighted by molar-refractivity contribution is 5.98. The van der Waals surface area contributed by atoms with E-state index in [1.165, 1.54) is 22.3 Å². The Morgan fingerprint density at radius 3 is 0.812 bits per heavy atom. The van der Waals surface area contributed by atoms with E-state index in [1.54, 1.807) is 0 Å². The van der Waals surface area contributed by atoms with Crippen LogP contribution in [0.4, 0.5) is 51.2 Å². The van der Waals surface area contributed by atoms with E-state index < -0.39 is 0 Å². The maximum Gasteiger partial charge on any atom is 0.227 e. The van der Waals surface area contributed by atoms with Gasteiger partial charge in [0.15, 0.2) is 16.7 Å². The molecule has 1 atom stereocenters. The summed E-state index contributed by atoms with van der Waals surface area (Å²) in [4.78, 5) is 22.2. The van der Waals surface area contributed by atoms with Crippen LogP contribution in [0.1, 0.15) is 75.6 Å². The van der Waals surface area contributed by atoms with Crippen molar-refractivity contribution < 1.29 is 13.3 Å². The minimum atomic E-state index is -0.00369. The van der Waals surface area contributed by atoms with Gasteiger partial charge in [0.2, 0.25) is 17.7 Å². The van der Waals surface area contributed by atoms with Gasteiger partial charge in [-0.05, 0) is 346 Å². The molecule has 0 aliphatic rings. The molecule has 0 saturated carbocycles. The number of rotatable bonds is 28. The van der Waals surface area contributed by atoms with Crippen molar-refractivity contribution in [1.82, 2.24) is 15.0 Å². The quantitative estimate of drug-likeness (QED) is 0.0476. The molecule has 1 unspecified atom stereocenters. The lowest BCUT2D eigenvalue weighted by Crippen LogP contribution is -2.10. The standard InChI is InChI=1S/C140H108N6O3/c1-6-32-95-57-87-131-134(90-95)147-137(141-131)104-64-58-97(59-65-104)117-43-19-25-49-123(117)127-53-29-23-47-121(127)101-72-81-113(82-73-101)145(110-38-15-9-16-39-110)114-85-76-103(77-86-114)130-92-133-136(149-139(143-133)106-68-62-99(63-69-106)119-45-21-27-51-125(119)126-52-28-22-46-120(126)100-70-79-112(80-71-100)144(108-34-11-7-12-35-108)109-36-13-8-14-37-109)93-129(130)94(2)55-56-96-33-31-42-116(89-96)146(111-40-17-10-18-41-111)115-83-74-102(75-84-115)122-48-24-30-54-128(122)124-50-26-20-44-118(124)98-60-66-105(67-61-98)138-142-132-88-78-107(140(3,4)5)91-135(132)148-138/h7-31,33-54,57-94H,6,32,55-56H2,1-5H3. The number of para-hydroxylation sites is 4. The van der Waals surface area contributed by atoms with Crippen molar-refractivity contribution in [2.75, 3.05) is 14.7 Å². The molecule has 0 bridgehead atoms. The number of aryl methyl sites for hydroxylation is 2. The van der Waals surface area contributed by atoms with Crippen molar-refractivity contribution in [3.05, 3.63) is 532 Å². The molecule has 0 spiro atoms. The van der Waals surface area contributed by atoms with Crippen LogP contribution in [0.2, 0.25) is 0 Å². The molecule has 9 heteroatoms. The molecular formula is C140H108N6O3. The molecule has 24 rings (SSSR count). The largest absolute Gasteiger partial charge is 0.436 e. The second-order valence-corrected chi connectivity index (χ2v) is 39.6. The number of oxazole rings is 3. The Morgan fingerprint density at radius 1 is 0.215 bits per heavy atom. The summed E-state index contributed by atoms with van der Waals surface area (Å²) in [7, 11) is 0. The van der Waals surface area contributed by atoms with E-state index in [4.69, 9.17) is 28.2 Å². The van der Waals surface area contributed by atoms with Crippen molar-refractivity contribution in [2.45, 2.75) is 71.6 Å². The Kier molecular flexibility index (Phi) is 25.5. The van der Waals surface area contributed by atoms with Gasteiger partial charge in [0, 0.05) is 67.9 Å². The number of aromatic nitrogens is 3. The third kappa shape index (κ3) is 19.1. The van der Waals surface area contributed by atoms with Gasteiger partial charge in [-0.25, -0.2) is 15.0 Å². The lowest BCUT2D eigenvalue weighted by molar-refractivity contribution is 0.584. The van der Waals surface area contributed by atoms with Gasteiger partial charge in [0.05, 0.1) is 0 Å². The second-order valence-electron chi connectivity index (χ2n) is 39.6. The van der Waals surface area contributed by atoms with Gasteiger partial charge in [-0.15, -0.1) is 0 Å². The van der Waals surface area contributed by atoms with Gasteiger partial charge in [-0.2, -0.15) is 0 Å². The van der Waals surface area contributed by atoms with Crippen LogP contribution in [0.25, 0.3) is 179 Å². The van der Waals surface area contributed by atoms with Gasteiger partial charge in [0.25, 0.3) is 0 Å². The molecule has 0 radical (unpaired) electrons. The fourth-order valence-corrected chi connectivity index (χ4v) is 21.2. The van der Waals surface area contributed by atoms with Crippen LogP contribution in [0.5, 0.6) is 0 Å². The molecule has 3 heterocycles. The zero-order chi connectivity index (χ0) is 100. The average Bonchev–Trinajstić information content (AvgIpc) is 1.40. The SMILES string of the molecule is CCCc1ccc2nc(-c3ccc(-c4ccccc4-c4ccccc4-c4ccc(N(c5ccccc5)c5ccc(-c6cc7nc(-c8ccc(-c9ccccc9-c9ccccc9-c9ccc(N(c%10ccccc%10)c%10ccccc%10)cc9)cc8)oc7cc6C(C)CCc6cccc(N(c7ccccc7)c7ccc(-c8ccccc8-c8ccccc8-c8ccc(-c9nc%10ccc(C(C)(C)C)cc%10o9)cc8)cc7)c6)cc5)cc4)cc3)oc2c1. The number of hydrogen-bond acceptors (Lipinski definition) is 9. The van der Waals surface area contributed by atoms with Crippen LogP contribution in [0.15, 0.2) is 523 Å². The first-order chi connectivity index (χ1) is 73.3. The van der Waals surface area contributed by atoms with E-state index in [0.717, 1.165) is 238 Å². The van der Waals surface area contributed by atoms with E-state index in [2.05, 4.69) is 559 Å². The molecule has 21 aromatic carbocycles. The maximum atomic E-state index is 7.05. The highest BCUT2D eigenvalue weighted by Gasteiger charge is 2.27. The smallest absolute Gasteiger partial charge is 0.227 e. The topological polar surface area (TPSA) is 87.8 Å². The zero-order valence-electron chi connectivity index (χ0n) is 83.8. The number of nitrogens with zero attached hydrogens (tertiary/aromatic N) is 6. The van der Waals surface area contributed by atoms with Gasteiger partial charge >= 0.3 is 0 Å². The summed E-state index contributed by atoms with van der Waals surface area (Å²) in [6.45, 7) is 11.2. The van der Waals surface area contributed by atoms with Crippen molar-refractivity contribution in [1.29, 1.82) is 0 Å². The monoisotopic (exact) mass is 1920 g/mol. The minimum absolute atomic E-state index is 0.00369.